The number of nitro groups is 1. The zero-order chi connectivity index (χ0) is 14.9. The SMILES string of the molecule is COC(=O)c1cncc(-n2nc(C)c([N+](=O)[O-])c2C)n1. The lowest BCUT2D eigenvalue weighted by atomic mass is 10.3. The van der Waals surface area contributed by atoms with Gasteiger partial charge in [0.15, 0.2) is 11.5 Å². The van der Waals surface area contributed by atoms with Gasteiger partial charge in [0, 0.05) is 0 Å². The van der Waals surface area contributed by atoms with Crippen molar-refractivity contribution in [2.45, 2.75) is 13.8 Å². The topological polar surface area (TPSA) is 113 Å². The molecule has 0 saturated heterocycles. The standard InChI is InChI=1S/C11H11N5O4/c1-6-10(16(18)19)7(2)15(14-6)9-5-12-4-8(13-9)11(17)20-3/h4-5H,1-3H3. The highest BCUT2D eigenvalue weighted by Crippen LogP contribution is 2.23. The number of ether oxygens (including phenoxy) is 1. The lowest BCUT2D eigenvalue weighted by Crippen LogP contribution is -2.10. The molecule has 2 rings (SSSR count). The van der Waals surface area contributed by atoms with Crippen molar-refractivity contribution >= 4 is 11.7 Å². The highest BCUT2D eigenvalue weighted by molar-refractivity contribution is 5.86. The number of hydrogen-bond donors (Lipinski definition) is 0. The number of rotatable bonds is 3. The van der Waals surface area contributed by atoms with Crippen LogP contribution in [0.2, 0.25) is 0 Å². The average Bonchev–Trinajstić information content (AvgIpc) is 2.73. The predicted octanol–water partition coefficient (Wildman–Crippen LogP) is 0.974. The minimum absolute atomic E-state index is 0.000191. The Morgan fingerprint density at radius 3 is 2.65 bits per heavy atom. The molecule has 2 aromatic rings. The van der Waals surface area contributed by atoms with Gasteiger partial charge in [0.05, 0.1) is 24.4 Å². The van der Waals surface area contributed by atoms with Crippen LogP contribution in [-0.4, -0.2) is 37.8 Å². The summed E-state index contributed by atoms with van der Waals surface area (Å²) in [5, 5.41) is 15.0. The molecular weight excluding hydrogens is 266 g/mol. The first-order chi connectivity index (χ1) is 9.45. The van der Waals surface area contributed by atoms with E-state index in [0.717, 1.165) is 0 Å². The predicted molar refractivity (Wildman–Crippen MR) is 66.6 cm³/mol. The van der Waals surface area contributed by atoms with Gasteiger partial charge < -0.3 is 4.74 Å². The van der Waals surface area contributed by atoms with Crippen LogP contribution in [-0.2, 0) is 4.74 Å². The lowest BCUT2D eigenvalue weighted by molar-refractivity contribution is -0.386. The van der Waals surface area contributed by atoms with Crippen LogP contribution in [0, 0.1) is 24.0 Å². The zero-order valence-electron chi connectivity index (χ0n) is 11.0. The average molecular weight is 277 g/mol. The Labute approximate surface area is 113 Å². The molecular formula is C11H11N5O4. The van der Waals surface area contributed by atoms with Crippen LogP contribution in [0.3, 0.4) is 0 Å². The molecule has 0 saturated carbocycles. The van der Waals surface area contributed by atoms with Gasteiger partial charge >= 0.3 is 11.7 Å². The van der Waals surface area contributed by atoms with Gasteiger partial charge in [-0.15, -0.1) is 0 Å². The molecule has 0 atom stereocenters. The first kappa shape index (κ1) is 13.6. The summed E-state index contributed by atoms with van der Waals surface area (Å²) in [5.74, 6) is -0.433. The highest BCUT2D eigenvalue weighted by Gasteiger charge is 2.23. The van der Waals surface area contributed by atoms with Gasteiger partial charge in [-0.3, -0.25) is 15.1 Å². The third-order valence-corrected chi connectivity index (χ3v) is 2.67. The molecule has 2 heterocycles. The van der Waals surface area contributed by atoms with Gasteiger partial charge in [0.25, 0.3) is 0 Å². The van der Waals surface area contributed by atoms with Crippen molar-refractivity contribution in [2.75, 3.05) is 7.11 Å². The Hall–Kier alpha value is -2.84. The maximum absolute atomic E-state index is 11.4. The monoisotopic (exact) mass is 277 g/mol. The van der Waals surface area contributed by atoms with E-state index in [1.807, 2.05) is 0 Å². The van der Waals surface area contributed by atoms with E-state index in [2.05, 4.69) is 19.8 Å². The summed E-state index contributed by atoms with van der Waals surface area (Å²) in [7, 11) is 1.23. The number of esters is 1. The third-order valence-electron chi connectivity index (χ3n) is 2.67. The molecule has 0 spiro atoms. The quantitative estimate of drug-likeness (QED) is 0.466. The van der Waals surface area contributed by atoms with E-state index in [9.17, 15) is 14.9 Å². The number of nitrogens with zero attached hydrogens (tertiary/aromatic N) is 5. The number of methoxy groups -OCH3 is 1. The number of carbonyl (C=O) groups is 1. The summed E-state index contributed by atoms with van der Waals surface area (Å²) in [5.41, 5.74) is 0.483. The van der Waals surface area contributed by atoms with E-state index in [1.54, 1.807) is 6.92 Å². The van der Waals surface area contributed by atoms with Crippen molar-refractivity contribution in [3.63, 3.8) is 0 Å². The van der Waals surface area contributed by atoms with E-state index in [4.69, 9.17) is 0 Å². The van der Waals surface area contributed by atoms with Crippen LogP contribution in [0.5, 0.6) is 0 Å². The minimum atomic E-state index is -0.643. The third kappa shape index (κ3) is 2.20. The molecule has 0 fully saturated rings. The maximum atomic E-state index is 11.4. The number of aryl methyl sites for hydroxylation is 1. The van der Waals surface area contributed by atoms with Gasteiger partial charge in [-0.05, 0) is 13.8 Å². The van der Waals surface area contributed by atoms with Crippen LogP contribution in [0.4, 0.5) is 5.69 Å². The smallest absolute Gasteiger partial charge is 0.358 e. The van der Waals surface area contributed by atoms with Crippen molar-refractivity contribution in [1.82, 2.24) is 19.7 Å². The minimum Gasteiger partial charge on any atom is -0.464 e. The van der Waals surface area contributed by atoms with Crippen LogP contribution >= 0.6 is 0 Å². The fourth-order valence-electron chi connectivity index (χ4n) is 1.78. The van der Waals surface area contributed by atoms with Crippen molar-refractivity contribution in [3.8, 4) is 5.82 Å². The first-order valence-corrected chi connectivity index (χ1v) is 5.57. The first-order valence-electron chi connectivity index (χ1n) is 5.57. The van der Waals surface area contributed by atoms with Crippen molar-refractivity contribution in [1.29, 1.82) is 0 Å². The summed E-state index contributed by atoms with van der Waals surface area (Å²) in [6.07, 6.45) is 2.60. The highest BCUT2D eigenvalue weighted by atomic mass is 16.6. The Morgan fingerprint density at radius 1 is 1.40 bits per heavy atom. The van der Waals surface area contributed by atoms with E-state index < -0.39 is 10.9 Å². The van der Waals surface area contributed by atoms with E-state index in [-0.39, 0.29) is 22.9 Å². The van der Waals surface area contributed by atoms with Gasteiger partial charge in [-0.25, -0.2) is 14.5 Å². The molecule has 0 bridgehead atoms. The molecule has 9 nitrogen and oxygen atoms in total. The van der Waals surface area contributed by atoms with Gasteiger partial charge in [0.1, 0.15) is 11.4 Å². The molecule has 0 amide bonds. The van der Waals surface area contributed by atoms with Crippen LogP contribution < -0.4 is 0 Å². The Balaban J connectivity index is 2.55. The Bertz CT molecular complexity index is 694. The molecule has 0 aliphatic rings. The summed E-state index contributed by atoms with van der Waals surface area (Å²) in [6, 6.07) is 0. The summed E-state index contributed by atoms with van der Waals surface area (Å²) in [6.45, 7) is 3.07. The number of aromatic nitrogens is 4. The maximum Gasteiger partial charge on any atom is 0.358 e. The largest absolute Gasteiger partial charge is 0.464 e. The van der Waals surface area contributed by atoms with Crippen LogP contribution in [0.15, 0.2) is 12.4 Å². The van der Waals surface area contributed by atoms with E-state index in [1.165, 1.54) is 31.1 Å². The summed E-state index contributed by atoms with van der Waals surface area (Å²) < 4.78 is 5.82. The van der Waals surface area contributed by atoms with Gasteiger partial charge in [-0.1, -0.05) is 0 Å². The van der Waals surface area contributed by atoms with E-state index >= 15 is 0 Å². The summed E-state index contributed by atoms with van der Waals surface area (Å²) >= 11 is 0. The van der Waals surface area contributed by atoms with Crippen molar-refractivity contribution < 1.29 is 14.5 Å². The lowest BCUT2D eigenvalue weighted by Gasteiger charge is -2.03. The fourth-order valence-corrected chi connectivity index (χ4v) is 1.78. The molecule has 9 heteroatoms. The van der Waals surface area contributed by atoms with Crippen molar-refractivity contribution in [3.05, 3.63) is 39.6 Å². The summed E-state index contributed by atoms with van der Waals surface area (Å²) in [4.78, 5) is 29.7. The molecule has 0 aliphatic carbocycles. The van der Waals surface area contributed by atoms with Gasteiger partial charge in [-0.2, -0.15) is 5.10 Å². The van der Waals surface area contributed by atoms with Crippen LogP contribution in [0.25, 0.3) is 5.82 Å². The Kier molecular flexibility index (Phi) is 3.42. The molecule has 0 aliphatic heterocycles. The Morgan fingerprint density at radius 2 is 2.10 bits per heavy atom. The number of hydrogen-bond acceptors (Lipinski definition) is 7. The second-order valence-electron chi connectivity index (χ2n) is 3.94. The number of carbonyl (C=O) groups excluding carboxylic acids is 1. The molecule has 0 radical (unpaired) electrons. The van der Waals surface area contributed by atoms with Crippen molar-refractivity contribution in [2.24, 2.45) is 0 Å². The molecule has 104 valence electrons. The molecule has 0 aromatic carbocycles. The molecule has 0 unspecified atom stereocenters. The molecule has 0 N–H and O–H groups in total. The second kappa shape index (κ2) is 5.03. The molecule has 2 aromatic heterocycles. The van der Waals surface area contributed by atoms with Crippen LogP contribution in [0.1, 0.15) is 21.9 Å². The fraction of sp³-hybridized carbons (Fsp3) is 0.273. The zero-order valence-corrected chi connectivity index (χ0v) is 11.0. The normalized spacial score (nSPS) is 10.3. The second-order valence-corrected chi connectivity index (χ2v) is 3.94. The van der Waals surface area contributed by atoms with E-state index in [0.29, 0.717) is 5.69 Å². The molecule has 20 heavy (non-hydrogen) atoms. The van der Waals surface area contributed by atoms with Gasteiger partial charge in [0.2, 0.25) is 0 Å².